The number of carbonyl (C=O) groups excluding carboxylic acids is 1. The second kappa shape index (κ2) is 10.9. The predicted molar refractivity (Wildman–Crippen MR) is 97.4 cm³/mol. The Bertz CT molecular complexity index is 350. The molecule has 0 saturated carbocycles. The van der Waals surface area contributed by atoms with E-state index in [0.717, 1.165) is 25.3 Å². The lowest BCUT2D eigenvalue weighted by molar-refractivity contribution is 0.0526. The second-order valence-corrected chi connectivity index (χ2v) is 7.88. The minimum absolute atomic E-state index is 0.343. The maximum atomic E-state index is 11.6. The van der Waals surface area contributed by atoms with E-state index in [0.29, 0.717) is 19.2 Å². The summed E-state index contributed by atoms with van der Waals surface area (Å²) < 4.78 is 10.6. The van der Waals surface area contributed by atoms with E-state index < -0.39 is 5.60 Å². The lowest BCUT2D eigenvalue weighted by Gasteiger charge is -2.30. The zero-order valence-corrected chi connectivity index (χ0v) is 16.2. The molecule has 0 bridgehead atoms. The lowest BCUT2D eigenvalue weighted by atomic mass is 9.96. The first kappa shape index (κ1) is 21.2. The summed E-state index contributed by atoms with van der Waals surface area (Å²) in [6.07, 6.45) is 4.08. The number of hydrogen-bond donors (Lipinski definition) is 2. The normalized spacial score (nSPS) is 18.4. The van der Waals surface area contributed by atoms with Crippen LogP contribution in [0.2, 0.25) is 0 Å². The lowest BCUT2D eigenvalue weighted by Crippen LogP contribution is -2.40. The van der Waals surface area contributed by atoms with E-state index >= 15 is 0 Å². The van der Waals surface area contributed by atoms with Gasteiger partial charge in [-0.1, -0.05) is 0 Å². The molecular formula is C18H37N3O3. The van der Waals surface area contributed by atoms with Gasteiger partial charge in [-0.25, -0.2) is 4.79 Å². The zero-order valence-electron chi connectivity index (χ0n) is 16.2. The summed E-state index contributed by atoms with van der Waals surface area (Å²) in [6.45, 7) is 10.4. The van der Waals surface area contributed by atoms with E-state index in [1.54, 1.807) is 7.11 Å². The number of nitrogens with zero attached hydrogens (tertiary/aromatic N) is 1. The molecule has 24 heavy (non-hydrogen) atoms. The summed E-state index contributed by atoms with van der Waals surface area (Å²) in [6, 6.07) is 0.343. The molecule has 1 aliphatic rings. The van der Waals surface area contributed by atoms with Crippen LogP contribution in [0.15, 0.2) is 0 Å². The maximum Gasteiger partial charge on any atom is 0.407 e. The minimum Gasteiger partial charge on any atom is -0.444 e. The molecule has 1 fully saturated rings. The molecule has 1 aliphatic heterocycles. The monoisotopic (exact) mass is 343 g/mol. The number of nitrogens with one attached hydrogen (secondary N) is 2. The Balaban J connectivity index is 2.17. The summed E-state index contributed by atoms with van der Waals surface area (Å²) in [5, 5.41) is 6.46. The highest BCUT2D eigenvalue weighted by atomic mass is 16.6. The van der Waals surface area contributed by atoms with E-state index in [-0.39, 0.29) is 6.09 Å². The molecular weight excluding hydrogens is 306 g/mol. The van der Waals surface area contributed by atoms with Gasteiger partial charge in [0.2, 0.25) is 0 Å². The molecule has 6 heteroatoms. The largest absolute Gasteiger partial charge is 0.444 e. The molecule has 2 N–H and O–H groups in total. The number of ether oxygens (including phenoxy) is 2. The first-order valence-electron chi connectivity index (χ1n) is 9.18. The second-order valence-electron chi connectivity index (χ2n) is 7.88. The van der Waals surface area contributed by atoms with Gasteiger partial charge in [0.25, 0.3) is 0 Å². The Morgan fingerprint density at radius 3 is 2.54 bits per heavy atom. The van der Waals surface area contributed by atoms with E-state index in [1.807, 2.05) is 20.8 Å². The van der Waals surface area contributed by atoms with Crippen LogP contribution in [0.4, 0.5) is 4.79 Å². The van der Waals surface area contributed by atoms with Crippen LogP contribution in [0.25, 0.3) is 0 Å². The number of amides is 1. The van der Waals surface area contributed by atoms with Gasteiger partial charge in [-0.2, -0.15) is 0 Å². The fourth-order valence-corrected chi connectivity index (χ4v) is 2.90. The standard InChI is InChI=1S/C18H37N3O3/c1-18(2,3)24-17(22)19-10-6-7-16(14-23-5)20-13-15-8-11-21(4)12-9-15/h15-16,20H,6-14H2,1-5H3,(H,19,22). The van der Waals surface area contributed by atoms with E-state index in [9.17, 15) is 4.79 Å². The van der Waals surface area contributed by atoms with Gasteiger partial charge in [-0.15, -0.1) is 0 Å². The van der Waals surface area contributed by atoms with Crippen molar-refractivity contribution in [3.05, 3.63) is 0 Å². The van der Waals surface area contributed by atoms with Crippen LogP contribution >= 0.6 is 0 Å². The Kier molecular flexibility index (Phi) is 9.63. The first-order chi connectivity index (χ1) is 11.3. The summed E-state index contributed by atoms with van der Waals surface area (Å²) >= 11 is 0. The molecule has 1 saturated heterocycles. The SMILES string of the molecule is COCC(CCCNC(=O)OC(C)(C)C)NCC1CCN(C)CC1. The molecule has 1 atom stereocenters. The summed E-state index contributed by atoms with van der Waals surface area (Å²) in [4.78, 5) is 14.0. The van der Waals surface area contributed by atoms with Crippen LogP contribution in [0.3, 0.4) is 0 Å². The molecule has 0 spiro atoms. The quantitative estimate of drug-likeness (QED) is 0.629. The smallest absolute Gasteiger partial charge is 0.407 e. The topological polar surface area (TPSA) is 62.8 Å². The van der Waals surface area contributed by atoms with Crippen molar-refractivity contribution in [2.75, 3.05) is 46.9 Å². The molecule has 1 heterocycles. The molecule has 0 aromatic rings. The Labute approximate surface area is 147 Å². The minimum atomic E-state index is -0.446. The summed E-state index contributed by atoms with van der Waals surface area (Å²) in [7, 11) is 3.93. The van der Waals surface area contributed by atoms with Crippen molar-refractivity contribution in [2.24, 2.45) is 5.92 Å². The van der Waals surface area contributed by atoms with E-state index in [2.05, 4.69) is 22.6 Å². The summed E-state index contributed by atoms with van der Waals surface area (Å²) in [5.74, 6) is 0.764. The molecule has 0 aliphatic carbocycles. The van der Waals surface area contributed by atoms with Crippen LogP contribution in [0, 0.1) is 5.92 Å². The third-order valence-corrected chi connectivity index (χ3v) is 4.30. The van der Waals surface area contributed by atoms with Crippen LogP contribution in [-0.4, -0.2) is 69.6 Å². The van der Waals surface area contributed by atoms with Gasteiger partial charge in [-0.05, 0) is 79.1 Å². The molecule has 0 radical (unpaired) electrons. The highest BCUT2D eigenvalue weighted by molar-refractivity contribution is 5.67. The van der Waals surface area contributed by atoms with Crippen molar-refractivity contribution >= 4 is 6.09 Å². The highest BCUT2D eigenvalue weighted by Gasteiger charge is 2.18. The molecule has 0 aromatic heterocycles. The van der Waals surface area contributed by atoms with E-state index in [4.69, 9.17) is 9.47 Å². The third kappa shape index (κ3) is 10.1. The van der Waals surface area contributed by atoms with Crippen molar-refractivity contribution in [1.29, 1.82) is 0 Å². The van der Waals surface area contributed by atoms with Crippen LogP contribution in [0.5, 0.6) is 0 Å². The van der Waals surface area contributed by atoms with Gasteiger partial charge in [0.05, 0.1) is 6.61 Å². The molecule has 142 valence electrons. The number of hydrogen-bond acceptors (Lipinski definition) is 5. The van der Waals surface area contributed by atoms with Gasteiger partial charge in [0.1, 0.15) is 5.60 Å². The average molecular weight is 344 g/mol. The van der Waals surface area contributed by atoms with Gasteiger partial charge < -0.3 is 25.0 Å². The molecule has 0 aromatic carbocycles. The Morgan fingerprint density at radius 1 is 1.29 bits per heavy atom. The predicted octanol–water partition coefficient (Wildman–Crippen LogP) is 2.24. The Hall–Kier alpha value is -0.850. The number of piperidine rings is 1. The Morgan fingerprint density at radius 2 is 1.96 bits per heavy atom. The number of carbonyl (C=O) groups is 1. The zero-order chi connectivity index (χ0) is 18.0. The van der Waals surface area contributed by atoms with Crippen molar-refractivity contribution in [3.8, 4) is 0 Å². The average Bonchev–Trinajstić information content (AvgIpc) is 2.49. The fourth-order valence-electron chi connectivity index (χ4n) is 2.90. The van der Waals surface area contributed by atoms with Gasteiger partial charge in [0.15, 0.2) is 0 Å². The number of likely N-dealkylation sites (tertiary alicyclic amines) is 1. The molecule has 1 unspecified atom stereocenters. The molecule has 1 amide bonds. The van der Waals surface area contributed by atoms with Crippen molar-refractivity contribution in [2.45, 2.75) is 58.1 Å². The van der Waals surface area contributed by atoms with Gasteiger partial charge >= 0.3 is 6.09 Å². The van der Waals surface area contributed by atoms with E-state index in [1.165, 1.54) is 25.9 Å². The van der Waals surface area contributed by atoms with Crippen LogP contribution in [-0.2, 0) is 9.47 Å². The number of rotatable bonds is 9. The third-order valence-electron chi connectivity index (χ3n) is 4.30. The molecule has 1 rings (SSSR count). The number of methoxy groups -OCH3 is 1. The van der Waals surface area contributed by atoms with Gasteiger partial charge in [0, 0.05) is 19.7 Å². The fraction of sp³-hybridized carbons (Fsp3) is 0.944. The highest BCUT2D eigenvalue weighted by Crippen LogP contribution is 2.15. The van der Waals surface area contributed by atoms with Gasteiger partial charge in [-0.3, -0.25) is 0 Å². The van der Waals surface area contributed by atoms with Crippen molar-refractivity contribution in [3.63, 3.8) is 0 Å². The van der Waals surface area contributed by atoms with Crippen molar-refractivity contribution < 1.29 is 14.3 Å². The van der Waals surface area contributed by atoms with Crippen molar-refractivity contribution in [1.82, 2.24) is 15.5 Å². The first-order valence-corrected chi connectivity index (χ1v) is 9.18. The maximum absolute atomic E-state index is 11.6. The number of alkyl carbamates (subject to hydrolysis) is 1. The summed E-state index contributed by atoms with van der Waals surface area (Å²) in [5.41, 5.74) is -0.446. The van der Waals surface area contributed by atoms with Crippen LogP contribution in [0.1, 0.15) is 46.5 Å². The molecule has 6 nitrogen and oxygen atoms in total. The van der Waals surface area contributed by atoms with Crippen LogP contribution < -0.4 is 10.6 Å².